The van der Waals surface area contributed by atoms with Crippen molar-refractivity contribution in [3.63, 3.8) is 0 Å². The van der Waals surface area contributed by atoms with Gasteiger partial charge >= 0.3 is 11.9 Å². The van der Waals surface area contributed by atoms with E-state index in [0.717, 1.165) is 17.7 Å². The van der Waals surface area contributed by atoms with Crippen molar-refractivity contribution >= 4 is 11.6 Å². The van der Waals surface area contributed by atoms with Gasteiger partial charge in [0.05, 0.1) is 17.8 Å². The minimum absolute atomic E-state index is 0.0837. The van der Waals surface area contributed by atoms with Gasteiger partial charge in [0.2, 0.25) is 0 Å². The molecule has 0 unspecified atom stereocenters. The number of halogens is 3. The first-order valence-corrected chi connectivity index (χ1v) is 10.9. The summed E-state index contributed by atoms with van der Waals surface area (Å²) < 4.78 is 40.7. The zero-order chi connectivity index (χ0) is 25.2. The molecule has 0 aliphatic rings. The lowest BCUT2D eigenvalue weighted by Crippen LogP contribution is -2.24. The summed E-state index contributed by atoms with van der Waals surface area (Å²) in [6.07, 6.45) is -3.08. The number of amides is 1. The predicted octanol–water partition coefficient (Wildman–Crippen LogP) is 5.48. The third-order valence-electron chi connectivity index (χ3n) is 5.56. The second-order valence-corrected chi connectivity index (χ2v) is 8.39. The molecule has 0 radical (unpaired) electrons. The van der Waals surface area contributed by atoms with Crippen molar-refractivity contribution in [2.24, 2.45) is 0 Å². The molecule has 0 aliphatic carbocycles. The Hall–Kier alpha value is -4.14. The molecule has 1 heterocycles. The largest absolute Gasteiger partial charge is 0.416 e. The number of aromatic nitrogens is 3. The van der Waals surface area contributed by atoms with Gasteiger partial charge in [-0.25, -0.2) is 4.79 Å². The minimum Gasteiger partial charge on any atom is -0.322 e. The van der Waals surface area contributed by atoms with Gasteiger partial charge in [0.1, 0.15) is 6.33 Å². The van der Waals surface area contributed by atoms with Gasteiger partial charge < -0.3 is 5.32 Å². The number of nitrogens with zero attached hydrogens (tertiary/aromatic N) is 3. The summed E-state index contributed by atoms with van der Waals surface area (Å²) in [7, 11) is 0. The molecule has 6 nitrogen and oxygen atoms in total. The molecule has 1 amide bonds. The lowest BCUT2D eigenvalue weighted by molar-refractivity contribution is -0.137. The van der Waals surface area contributed by atoms with Gasteiger partial charge in [0.15, 0.2) is 0 Å². The number of hydrogen-bond acceptors (Lipinski definition) is 3. The number of alkyl halides is 3. The monoisotopic (exact) mass is 480 g/mol. The van der Waals surface area contributed by atoms with Crippen LogP contribution in [0, 0.1) is 0 Å². The first kappa shape index (κ1) is 24.0. The van der Waals surface area contributed by atoms with E-state index in [2.05, 4.69) is 10.4 Å². The molecule has 3 aromatic carbocycles. The average molecular weight is 480 g/mol. The molecular weight excluding hydrogens is 457 g/mol. The summed E-state index contributed by atoms with van der Waals surface area (Å²) in [5, 5.41) is 6.98. The summed E-state index contributed by atoms with van der Waals surface area (Å²) in [5.41, 5.74) is 1.96. The highest BCUT2D eigenvalue weighted by Crippen LogP contribution is 2.29. The quantitative estimate of drug-likeness (QED) is 0.398. The molecule has 9 heteroatoms. The zero-order valence-electron chi connectivity index (χ0n) is 19.1. The molecule has 180 valence electrons. The van der Waals surface area contributed by atoms with Crippen molar-refractivity contribution in [2.45, 2.75) is 32.5 Å². The van der Waals surface area contributed by atoms with E-state index < -0.39 is 17.4 Å². The average Bonchev–Trinajstić information content (AvgIpc) is 3.19. The molecule has 0 fully saturated rings. The highest BCUT2D eigenvalue weighted by molar-refractivity contribution is 6.05. The number of carbonyl (C=O) groups excluding carboxylic acids is 1. The maximum atomic E-state index is 12.8. The first-order chi connectivity index (χ1) is 16.6. The van der Waals surface area contributed by atoms with Crippen molar-refractivity contribution in [2.75, 3.05) is 5.32 Å². The molecule has 4 aromatic rings. The number of anilines is 1. The van der Waals surface area contributed by atoms with Crippen molar-refractivity contribution in [1.29, 1.82) is 0 Å². The fourth-order valence-corrected chi connectivity index (χ4v) is 3.71. The fourth-order valence-electron chi connectivity index (χ4n) is 3.71. The Labute approximate surface area is 199 Å². The van der Waals surface area contributed by atoms with Crippen LogP contribution in [0.15, 0.2) is 83.9 Å². The van der Waals surface area contributed by atoms with Crippen molar-refractivity contribution < 1.29 is 18.0 Å². The van der Waals surface area contributed by atoms with Crippen molar-refractivity contribution in [3.05, 3.63) is 112 Å². The molecule has 0 saturated carbocycles. The van der Waals surface area contributed by atoms with Crippen molar-refractivity contribution in [3.8, 4) is 5.69 Å². The molecule has 0 aliphatic heterocycles. The molecule has 0 spiro atoms. The molecule has 1 aromatic heterocycles. The highest BCUT2D eigenvalue weighted by Gasteiger charge is 2.29. The lowest BCUT2D eigenvalue weighted by Gasteiger charge is -2.13. The third-order valence-corrected chi connectivity index (χ3v) is 5.56. The second-order valence-electron chi connectivity index (χ2n) is 8.39. The van der Waals surface area contributed by atoms with Crippen LogP contribution in [0.4, 0.5) is 18.9 Å². The second kappa shape index (κ2) is 9.61. The summed E-state index contributed by atoms with van der Waals surface area (Å²) in [6.45, 7) is 4.13. The Morgan fingerprint density at radius 1 is 0.971 bits per heavy atom. The lowest BCUT2D eigenvalue weighted by atomic mass is 9.97. The Bertz CT molecular complexity index is 1390. The van der Waals surface area contributed by atoms with E-state index in [4.69, 9.17) is 0 Å². The summed E-state index contributed by atoms with van der Waals surface area (Å²) in [5.74, 6) is -0.0241. The number of nitrogens with one attached hydrogen (secondary N) is 1. The van der Waals surface area contributed by atoms with Crippen LogP contribution in [0.2, 0.25) is 0 Å². The standard InChI is InChI=1S/C26H23F3N4O2/c1-17(2)22-5-3-4-6-23(22)24(34)31-20-11-13-21(14-12-20)33-25(35)32(16-30-33)15-18-7-9-19(10-8-18)26(27,28)29/h3-14,16-17H,15H2,1-2H3,(H,31,34). The van der Waals surface area contributed by atoms with E-state index >= 15 is 0 Å². The van der Waals surface area contributed by atoms with Crippen molar-refractivity contribution in [1.82, 2.24) is 14.3 Å². The predicted molar refractivity (Wildman–Crippen MR) is 127 cm³/mol. The van der Waals surface area contributed by atoms with Gasteiger partial charge in [-0.2, -0.15) is 23.0 Å². The zero-order valence-corrected chi connectivity index (χ0v) is 19.1. The Balaban J connectivity index is 1.48. The van der Waals surface area contributed by atoms with Crippen LogP contribution in [-0.4, -0.2) is 20.3 Å². The summed E-state index contributed by atoms with van der Waals surface area (Å²) >= 11 is 0. The van der Waals surface area contributed by atoms with Crippen LogP contribution in [-0.2, 0) is 12.7 Å². The van der Waals surface area contributed by atoms with E-state index in [1.54, 1.807) is 30.3 Å². The maximum absolute atomic E-state index is 12.8. The normalized spacial score (nSPS) is 11.6. The van der Waals surface area contributed by atoms with Crippen LogP contribution in [0.5, 0.6) is 0 Å². The Morgan fingerprint density at radius 2 is 1.63 bits per heavy atom. The van der Waals surface area contributed by atoms with Crippen LogP contribution in [0.1, 0.15) is 46.8 Å². The van der Waals surface area contributed by atoms with Gasteiger partial charge in [-0.3, -0.25) is 9.36 Å². The van der Waals surface area contributed by atoms with Gasteiger partial charge in [0, 0.05) is 11.3 Å². The fraction of sp³-hybridized carbons (Fsp3) is 0.192. The van der Waals surface area contributed by atoms with Gasteiger partial charge in [-0.1, -0.05) is 44.2 Å². The first-order valence-electron chi connectivity index (χ1n) is 10.9. The number of hydrogen-bond donors (Lipinski definition) is 1. The summed E-state index contributed by atoms with van der Waals surface area (Å²) in [4.78, 5) is 25.5. The SMILES string of the molecule is CC(C)c1ccccc1C(=O)Nc1ccc(-n2ncn(Cc3ccc(C(F)(F)F)cc3)c2=O)cc1. The molecule has 0 bridgehead atoms. The Morgan fingerprint density at radius 3 is 2.26 bits per heavy atom. The van der Waals surface area contributed by atoms with Gasteiger partial charge in [-0.15, -0.1) is 0 Å². The third kappa shape index (κ3) is 5.34. The Kier molecular flexibility index (Phi) is 6.59. The van der Waals surface area contributed by atoms with Gasteiger partial charge in [-0.05, 0) is 59.5 Å². The highest BCUT2D eigenvalue weighted by atomic mass is 19.4. The molecule has 1 N–H and O–H groups in total. The molecular formula is C26H23F3N4O2. The molecule has 0 atom stereocenters. The van der Waals surface area contributed by atoms with Crippen LogP contribution in [0.25, 0.3) is 5.69 Å². The smallest absolute Gasteiger partial charge is 0.322 e. The topological polar surface area (TPSA) is 68.9 Å². The summed E-state index contributed by atoms with van der Waals surface area (Å²) in [6, 6.07) is 18.7. The van der Waals surface area contributed by atoms with E-state index in [1.165, 1.54) is 27.7 Å². The number of benzene rings is 3. The van der Waals surface area contributed by atoms with Crippen LogP contribution in [0.3, 0.4) is 0 Å². The maximum Gasteiger partial charge on any atom is 0.416 e. The minimum atomic E-state index is -4.41. The van der Waals surface area contributed by atoms with E-state index in [9.17, 15) is 22.8 Å². The van der Waals surface area contributed by atoms with Crippen LogP contribution >= 0.6 is 0 Å². The van der Waals surface area contributed by atoms with E-state index in [-0.39, 0.29) is 18.4 Å². The number of rotatable bonds is 6. The van der Waals surface area contributed by atoms with E-state index in [1.807, 2.05) is 32.0 Å². The molecule has 4 rings (SSSR count). The van der Waals surface area contributed by atoms with Crippen LogP contribution < -0.4 is 11.0 Å². The van der Waals surface area contributed by atoms with E-state index in [0.29, 0.717) is 22.5 Å². The van der Waals surface area contributed by atoms with Gasteiger partial charge in [0.25, 0.3) is 5.91 Å². The molecule has 0 saturated heterocycles. The molecule has 35 heavy (non-hydrogen) atoms. The number of carbonyl (C=O) groups is 1.